The molecule has 4 aliphatic rings. The second kappa shape index (κ2) is 14.2. The summed E-state index contributed by atoms with van der Waals surface area (Å²) in [6.07, 6.45) is 7.87. The lowest BCUT2D eigenvalue weighted by Crippen LogP contribution is -2.51. The number of anilines is 1. The van der Waals surface area contributed by atoms with E-state index >= 15 is 0 Å². The number of aromatic nitrogens is 2. The average Bonchev–Trinajstić information content (AvgIpc) is 3.41. The Hall–Kier alpha value is -3.28. The molecule has 1 saturated carbocycles. The highest BCUT2D eigenvalue weighted by Gasteiger charge is 2.54. The van der Waals surface area contributed by atoms with Crippen molar-refractivity contribution in [1.82, 2.24) is 25.3 Å². The zero-order valence-electron chi connectivity index (χ0n) is 29.4. The van der Waals surface area contributed by atoms with Crippen LogP contribution in [0.4, 0.5) is 5.82 Å². The Bertz CT molecular complexity index is 1600. The fourth-order valence-electron chi connectivity index (χ4n) is 8.76. The predicted molar refractivity (Wildman–Crippen MR) is 191 cm³/mol. The standard InChI is InChI=1S/C38H52N6O4S/c1-24(2)34(32-22-33(41-48-32)42-18-11-29(12-19-42)38(15-16-38)43-20-13-30(45)14-21-43)37(47)44-17-5-6-31(44)36(46)40-25(3)27-7-9-28(10-8-27)35-26(4)39-23-49-35/h7-10,22-25,29-31,34,45H,5-6,11-21H2,1-4H3,(H,40,46). The van der Waals surface area contributed by atoms with Gasteiger partial charge in [0.15, 0.2) is 11.6 Å². The van der Waals surface area contributed by atoms with Gasteiger partial charge in [-0.2, -0.15) is 0 Å². The van der Waals surface area contributed by atoms with Crippen molar-refractivity contribution in [3.63, 3.8) is 0 Å². The highest BCUT2D eigenvalue weighted by molar-refractivity contribution is 7.13. The molecule has 0 radical (unpaired) electrons. The summed E-state index contributed by atoms with van der Waals surface area (Å²) in [6, 6.07) is 9.54. The molecule has 49 heavy (non-hydrogen) atoms. The van der Waals surface area contributed by atoms with Crippen LogP contribution in [0.3, 0.4) is 0 Å². The zero-order valence-corrected chi connectivity index (χ0v) is 30.3. The summed E-state index contributed by atoms with van der Waals surface area (Å²) in [5.74, 6) is 1.37. The van der Waals surface area contributed by atoms with Crippen molar-refractivity contribution in [3.8, 4) is 10.4 Å². The van der Waals surface area contributed by atoms with Crippen molar-refractivity contribution < 1.29 is 19.2 Å². The second-order valence-corrected chi connectivity index (χ2v) is 16.1. The monoisotopic (exact) mass is 688 g/mol. The van der Waals surface area contributed by atoms with E-state index in [1.807, 2.05) is 39.3 Å². The molecule has 3 aliphatic heterocycles. The summed E-state index contributed by atoms with van der Waals surface area (Å²) < 4.78 is 5.92. The van der Waals surface area contributed by atoms with Gasteiger partial charge in [-0.05, 0) is 88.2 Å². The molecule has 11 heteroatoms. The number of hydrogen-bond donors (Lipinski definition) is 2. The van der Waals surface area contributed by atoms with Crippen LogP contribution in [0.1, 0.15) is 101 Å². The number of aliphatic hydroxyl groups excluding tert-OH is 1. The molecule has 3 atom stereocenters. The van der Waals surface area contributed by atoms with Gasteiger partial charge in [-0.15, -0.1) is 11.3 Å². The van der Waals surface area contributed by atoms with Crippen molar-refractivity contribution >= 4 is 29.0 Å². The number of thiazole rings is 1. The van der Waals surface area contributed by atoms with E-state index in [-0.39, 0.29) is 29.9 Å². The lowest BCUT2D eigenvalue weighted by molar-refractivity contribution is -0.141. The maximum absolute atomic E-state index is 14.2. The predicted octanol–water partition coefficient (Wildman–Crippen LogP) is 5.92. The van der Waals surface area contributed by atoms with Gasteiger partial charge in [0.25, 0.3) is 0 Å². The first-order valence-corrected chi connectivity index (χ1v) is 19.3. The molecule has 0 spiro atoms. The minimum atomic E-state index is -0.505. The number of piperidine rings is 2. The van der Waals surface area contributed by atoms with Gasteiger partial charge in [0, 0.05) is 44.3 Å². The van der Waals surface area contributed by atoms with E-state index in [4.69, 9.17) is 4.52 Å². The first kappa shape index (κ1) is 34.2. The Morgan fingerprint density at radius 2 is 1.71 bits per heavy atom. The molecule has 2 N–H and O–H groups in total. The van der Waals surface area contributed by atoms with E-state index in [0.717, 1.165) is 85.8 Å². The van der Waals surface area contributed by atoms with Crippen molar-refractivity contribution in [3.05, 3.63) is 52.9 Å². The molecular weight excluding hydrogens is 637 g/mol. The maximum atomic E-state index is 14.2. The Morgan fingerprint density at radius 1 is 1.00 bits per heavy atom. The van der Waals surface area contributed by atoms with Gasteiger partial charge in [-0.3, -0.25) is 14.5 Å². The van der Waals surface area contributed by atoms with Gasteiger partial charge >= 0.3 is 0 Å². The van der Waals surface area contributed by atoms with Gasteiger partial charge in [-0.1, -0.05) is 43.3 Å². The van der Waals surface area contributed by atoms with Crippen molar-refractivity contribution in [1.29, 1.82) is 0 Å². The van der Waals surface area contributed by atoms with Crippen LogP contribution in [0.5, 0.6) is 0 Å². The first-order valence-electron chi connectivity index (χ1n) is 18.4. The summed E-state index contributed by atoms with van der Waals surface area (Å²) in [4.78, 5) is 40.1. The van der Waals surface area contributed by atoms with Crippen molar-refractivity contribution in [2.24, 2.45) is 11.8 Å². The van der Waals surface area contributed by atoms with Crippen LogP contribution in [0, 0.1) is 18.8 Å². The fourth-order valence-corrected chi connectivity index (χ4v) is 9.57. The molecule has 4 fully saturated rings. The van der Waals surface area contributed by atoms with Gasteiger partial charge < -0.3 is 24.7 Å². The molecule has 264 valence electrons. The molecular formula is C38H52N6O4S. The molecule has 2 aromatic heterocycles. The molecule has 3 unspecified atom stereocenters. The molecule has 1 aromatic carbocycles. The molecule has 5 heterocycles. The molecule has 10 nitrogen and oxygen atoms in total. The van der Waals surface area contributed by atoms with Crippen LogP contribution in [-0.4, -0.2) is 87.3 Å². The quantitative estimate of drug-likeness (QED) is 0.270. The van der Waals surface area contributed by atoms with E-state index in [2.05, 4.69) is 49.5 Å². The second-order valence-electron chi connectivity index (χ2n) is 15.2. The smallest absolute Gasteiger partial charge is 0.243 e. The van der Waals surface area contributed by atoms with E-state index in [9.17, 15) is 14.7 Å². The van der Waals surface area contributed by atoms with Gasteiger partial charge in [0.1, 0.15) is 12.0 Å². The molecule has 2 amide bonds. The summed E-state index contributed by atoms with van der Waals surface area (Å²) in [5.41, 5.74) is 5.35. The van der Waals surface area contributed by atoms with Crippen LogP contribution in [0.15, 0.2) is 40.4 Å². The number of hydrogen-bond acceptors (Lipinski definition) is 9. The topological polar surface area (TPSA) is 115 Å². The van der Waals surface area contributed by atoms with Crippen LogP contribution < -0.4 is 10.2 Å². The fraction of sp³-hybridized carbons (Fsp3) is 0.632. The van der Waals surface area contributed by atoms with Crippen LogP contribution in [0.2, 0.25) is 0 Å². The van der Waals surface area contributed by atoms with Crippen LogP contribution in [-0.2, 0) is 9.59 Å². The minimum Gasteiger partial charge on any atom is -0.393 e. The third-order valence-corrected chi connectivity index (χ3v) is 12.8. The highest BCUT2D eigenvalue weighted by Crippen LogP contribution is 2.52. The third-order valence-electron chi connectivity index (χ3n) is 11.8. The van der Waals surface area contributed by atoms with Crippen LogP contribution in [0.25, 0.3) is 10.4 Å². The molecule has 7 rings (SSSR count). The number of likely N-dealkylation sites (tertiary alicyclic amines) is 2. The number of aliphatic hydroxyl groups is 1. The molecule has 3 aromatic rings. The van der Waals surface area contributed by atoms with E-state index in [1.54, 1.807) is 16.2 Å². The normalized spacial score (nSPS) is 23.2. The molecule has 0 bridgehead atoms. The number of amides is 2. The third kappa shape index (κ3) is 6.90. The molecule has 3 saturated heterocycles. The molecule has 1 aliphatic carbocycles. The van der Waals surface area contributed by atoms with Crippen molar-refractivity contribution in [2.45, 2.75) is 109 Å². The summed E-state index contributed by atoms with van der Waals surface area (Å²) in [5, 5.41) is 17.7. The van der Waals surface area contributed by atoms with E-state index in [0.29, 0.717) is 30.2 Å². The highest BCUT2D eigenvalue weighted by atomic mass is 32.1. The number of nitrogens with zero attached hydrogens (tertiary/aromatic N) is 5. The zero-order chi connectivity index (χ0) is 34.3. The number of nitrogens with one attached hydrogen (secondary N) is 1. The van der Waals surface area contributed by atoms with Gasteiger partial charge in [0.05, 0.1) is 28.2 Å². The van der Waals surface area contributed by atoms with Gasteiger partial charge in [0.2, 0.25) is 11.8 Å². The average molecular weight is 689 g/mol. The lowest BCUT2D eigenvalue weighted by atomic mass is 9.85. The van der Waals surface area contributed by atoms with Crippen LogP contribution >= 0.6 is 11.3 Å². The Morgan fingerprint density at radius 3 is 2.35 bits per heavy atom. The maximum Gasteiger partial charge on any atom is 0.243 e. The Labute approximate surface area is 294 Å². The number of benzene rings is 1. The summed E-state index contributed by atoms with van der Waals surface area (Å²) in [7, 11) is 0. The van der Waals surface area contributed by atoms with E-state index < -0.39 is 12.0 Å². The van der Waals surface area contributed by atoms with E-state index in [1.165, 1.54) is 12.8 Å². The lowest BCUT2D eigenvalue weighted by Gasteiger charge is -2.44. The van der Waals surface area contributed by atoms with Gasteiger partial charge in [-0.25, -0.2) is 4.98 Å². The largest absolute Gasteiger partial charge is 0.393 e. The summed E-state index contributed by atoms with van der Waals surface area (Å²) >= 11 is 1.63. The Balaban J connectivity index is 0.965. The van der Waals surface area contributed by atoms with Crippen molar-refractivity contribution in [2.75, 3.05) is 37.6 Å². The first-order chi connectivity index (χ1) is 23.6. The SMILES string of the molecule is Cc1ncsc1-c1ccc(C(C)NC(=O)C2CCCN2C(=O)C(c2cc(N3CCC(C4(N5CCC(O)CC5)CC4)CC3)no2)C(C)C)cc1. The number of rotatable bonds is 10. The Kier molecular flexibility index (Phi) is 9.87. The summed E-state index contributed by atoms with van der Waals surface area (Å²) in [6.45, 7) is 12.5. The minimum absolute atomic E-state index is 0.0132. The number of carbonyl (C=O) groups is 2. The number of carbonyl (C=O) groups excluding carboxylic acids is 2. The number of aryl methyl sites for hydroxylation is 1.